The number of benzene rings is 2. The second-order valence-electron chi connectivity index (χ2n) is 8.67. The van der Waals surface area contributed by atoms with Crippen molar-refractivity contribution in [3.05, 3.63) is 106 Å². The molecule has 2 aliphatic heterocycles. The van der Waals surface area contributed by atoms with Crippen LogP contribution in [-0.4, -0.2) is 54.7 Å². The van der Waals surface area contributed by atoms with Crippen molar-refractivity contribution < 1.29 is 9.59 Å². The van der Waals surface area contributed by atoms with E-state index in [4.69, 9.17) is 11.6 Å². The van der Waals surface area contributed by atoms with Gasteiger partial charge in [-0.15, -0.1) is 5.10 Å². The molecule has 0 saturated carbocycles. The van der Waals surface area contributed by atoms with Crippen LogP contribution in [0.25, 0.3) is 5.69 Å². The molecule has 9 heteroatoms. The van der Waals surface area contributed by atoms with Gasteiger partial charge in [0.25, 0.3) is 11.8 Å². The molecule has 1 fully saturated rings. The fourth-order valence-electron chi connectivity index (χ4n) is 5.11. The van der Waals surface area contributed by atoms with Crippen LogP contribution in [-0.2, 0) is 12.1 Å². The lowest BCUT2D eigenvalue weighted by Crippen LogP contribution is -2.58. The predicted molar refractivity (Wildman–Crippen MR) is 129 cm³/mol. The van der Waals surface area contributed by atoms with E-state index in [1.165, 1.54) is 4.80 Å². The van der Waals surface area contributed by atoms with Gasteiger partial charge in [-0.3, -0.25) is 14.6 Å². The SMILES string of the molecule is Cc1nn(-c2ccccc2)nc1C(=O)N1CCN2C(=O)c3cccnc3CC21c1ccc(Cl)cc1. The summed E-state index contributed by atoms with van der Waals surface area (Å²) in [5, 5.41) is 9.60. The number of carbonyl (C=O) groups is 2. The molecule has 2 aliphatic rings. The number of halogens is 1. The molecule has 0 aliphatic carbocycles. The van der Waals surface area contributed by atoms with Crippen LogP contribution < -0.4 is 0 Å². The first-order chi connectivity index (χ1) is 17.0. The zero-order valence-electron chi connectivity index (χ0n) is 18.9. The fraction of sp³-hybridized carbons (Fsp3) is 0.192. The van der Waals surface area contributed by atoms with Crippen LogP contribution in [0.2, 0.25) is 5.02 Å². The number of para-hydroxylation sites is 1. The van der Waals surface area contributed by atoms with E-state index in [1.807, 2.05) is 42.5 Å². The molecule has 0 spiro atoms. The average molecular weight is 485 g/mol. The normalized spacial score (nSPS) is 19.0. The number of amides is 2. The van der Waals surface area contributed by atoms with Gasteiger partial charge < -0.3 is 9.80 Å². The maximum absolute atomic E-state index is 14.1. The molecule has 1 unspecified atom stereocenters. The van der Waals surface area contributed by atoms with Gasteiger partial charge >= 0.3 is 0 Å². The number of carbonyl (C=O) groups excluding carboxylic acids is 2. The van der Waals surface area contributed by atoms with Crippen molar-refractivity contribution in [1.29, 1.82) is 0 Å². The average Bonchev–Trinajstić information content (AvgIpc) is 3.46. The standard InChI is InChI=1S/C26H21ClN6O2/c1-17-23(30-33(29-17)20-6-3-2-4-7-20)25(35)32-15-14-31-24(34)21-8-5-13-28-22(21)16-26(31,32)18-9-11-19(27)12-10-18/h2-13H,14-16H2,1H3. The van der Waals surface area contributed by atoms with Crippen LogP contribution in [0.1, 0.15) is 37.8 Å². The molecular formula is C26H21ClN6O2. The summed E-state index contributed by atoms with van der Waals surface area (Å²) in [6.07, 6.45) is 2.04. The molecule has 2 aromatic heterocycles. The molecule has 4 aromatic rings. The van der Waals surface area contributed by atoms with Crippen LogP contribution in [0.3, 0.4) is 0 Å². The number of hydrogen-bond acceptors (Lipinski definition) is 5. The fourth-order valence-corrected chi connectivity index (χ4v) is 5.24. The Morgan fingerprint density at radius 1 is 0.971 bits per heavy atom. The second kappa shape index (κ2) is 8.02. The van der Waals surface area contributed by atoms with Gasteiger partial charge in [0.05, 0.1) is 22.6 Å². The summed E-state index contributed by atoms with van der Waals surface area (Å²) in [5.74, 6) is -0.427. The Hall–Kier alpha value is -4.04. The Kier molecular flexibility index (Phi) is 4.93. The van der Waals surface area contributed by atoms with Gasteiger partial charge in [0, 0.05) is 30.7 Å². The van der Waals surface area contributed by atoms with Gasteiger partial charge in [-0.05, 0) is 48.9 Å². The lowest BCUT2D eigenvalue weighted by atomic mass is 9.86. The first-order valence-electron chi connectivity index (χ1n) is 11.3. The van der Waals surface area contributed by atoms with E-state index >= 15 is 0 Å². The zero-order chi connectivity index (χ0) is 24.2. The molecule has 6 rings (SSSR count). The van der Waals surface area contributed by atoms with Crippen molar-refractivity contribution in [2.45, 2.75) is 19.0 Å². The Bertz CT molecular complexity index is 1450. The molecule has 1 saturated heterocycles. The minimum Gasteiger partial charge on any atom is -0.309 e. The van der Waals surface area contributed by atoms with Gasteiger partial charge in [0.2, 0.25) is 0 Å². The summed E-state index contributed by atoms with van der Waals surface area (Å²) in [5.41, 5.74) is 2.52. The summed E-state index contributed by atoms with van der Waals surface area (Å²) in [7, 11) is 0. The van der Waals surface area contributed by atoms with Gasteiger partial charge in [0.15, 0.2) is 5.69 Å². The first kappa shape index (κ1) is 21.5. The molecular weight excluding hydrogens is 464 g/mol. The number of nitrogens with zero attached hydrogens (tertiary/aromatic N) is 6. The molecule has 2 aromatic carbocycles. The van der Waals surface area contributed by atoms with E-state index in [1.54, 1.807) is 47.2 Å². The lowest BCUT2D eigenvalue weighted by molar-refractivity contribution is 0.00669. The number of pyridine rings is 1. The van der Waals surface area contributed by atoms with Crippen molar-refractivity contribution in [3.8, 4) is 5.69 Å². The first-order valence-corrected chi connectivity index (χ1v) is 11.7. The minimum absolute atomic E-state index is 0.144. The molecule has 0 N–H and O–H groups in total. The van der Waals surface area contributed by atoms with Crippen molar-refractivity contribution in [2.24, 2.45) is 0 Å². The minimum atomic E-state index is -1.04. The Morgan fingerprint density at radius 2 is 1.74 bits per heavy atom. The maximum Gasteiger partial charge on any atom is 0.278 e. The maximum atomic E-state index is 14.1. The Labute approximate surface area is 206 Å². The van der Waals surface area contributed by atoms with Crippen LogP contribution in [0.15, 0.2) is 72.9 Å². The van der Waals surface area contributed by atoms with E-state index in [0.717, 1.165) is 11.3 Å². The summed E-state index contributed by atoms with van der Waals surface area (Å²) in [6.45, 7) is 2.53. The molecule has 174 valence electrons. The van der Waals surface area contributed by atoms with E-state index in [-0.39, 0.29) is 17.5 Å². The summed E-state index contributed by atoms with van der Waals surface area (Å²) in [6, 6.07) is 20.3. The molecule has 0 radical (unpaired) electrons. The highest BCUT2D eigenvalue weighted by Crippen LogP contribution is 2.45. The van der Waals surface area contributed by atoms with Gasteiger partial charge in [-0.1, -0.05) is 41.9 Å². The van der Waals surface area contributed by atoms with Gasteiger partial charge in [-0.2, -0.15) is 9.90 Å². The smallest absolute Gasteiger partial charge is 0.278 e. The van der Waals surface area contributed by atoms with E-state index in [9.17, 15) is 9.59 Å². The van der Waals surface area contributed by atoms with Gasteiger partial charge in [0.1, 0.15) is 5.66 Å². The van der Waals surface area contributed by atoms with E-state index < -0.39 is 5.66 Å². The summed E-state index contributed by atoms with van der Waals surface area (Å²) >= 11 is 6.18. The number of aromatic nitrogens is 4. The molecule has 4 heterocycles. The van der Waals surface area contributed by atoms with Crippen LogP contribution in [0, 0.1) is 6.92 Å². The number of aryl methyl sites for hydroxylation is 1. The van der Waals surface area contributed by atoms with Gasteiger partial charge in [-0.25, -0.2) is 0 Å². The molecule has 35 heavy (non-hydrogen) atoms. The summed E-state index contributed by atoms with van der Waals surface area (Å²) < 4.78 is 0. The lowest BCUT2D eigenvalue weighted by Gasteiger charge is -2.46. The molecule has 2 amide bonds. The topological polar surface area (TPSA) is 84.2 Å². The quantitative estimate of drug-likeness (QED) is 0.443. The molecule has 0 bridgehead atoms. The Balaban J connectivity index is 1.48. The van der Waals surface area contributed by atoms with Crippen molar-refractivity contribution in [1.82, 2.24) is 29.8 Å². The third kappa shape index (κ3) is 3.24. The zero-order valence-corrected chi connectivity index (χ0v) is 19.7. The highest BCUT2D eigenvalue weighted by molar-refractivity contribution is 6.30. The highest BCUT2D eigenvalue weighted by atomic mass is 35.5. The van der Waals surface area contributed by atoms with E-state index in [2.05, 4.69) is 15.2 Å². The number of hydrogen-bond donors (Lipinski definition) is 0. The van der Waals surface area contributed by atoms with Crippen LogP contribution in [0.5, 0.6) is 0 Å². The number of rotatable bonds is 3. The highest BCUT2D eigenvalue weighted by Gasteiger charge is 2.56. The van der Waals surface area contributed by atoms with E-state index in [0.29, 0.717) is 41.5 Å². The number of fused-ring (bicyclic) bond motifs is 2. The third-order valence-electron chi connectivity index (χ3n) is 6.74. The monoisotopic (exact) mass is 484 g/mol. The Morgan fingerprint density at radius 3 is 2.51 bits per heavy atom. The van der Waals surface area contributed by atoms with Crippen molar-refractivity contribution in [3.63, 3.8) is 0 Å². The molecule has 8 nitrogen and oxygen atoms in total. The third-order valence-corrected chi connectivity index (χ3v) is 7.00. The molecule has 1 atom stereocenters. The predicted octanol–water partition coefficient (Wildman–Crippen LogP) is 3.63. The van der Waals surface area contributed by atoms with Crippen molar-refractivity contribution >= 4 is 23.4 Å². The summed E-state index contributed by atoms with van der Waals surface area (Å²) in [4.78, 5) is 37.1. The largest absolute Gasteiger partial charge is 0.309 e. The van der Waals surface area contributed by atoms with Crippen LogP contribution >= 0.6 is 11.6 Å². The van der Waals surface area contributed by atoms with Crippen LogP contribution in [0.4, 0.5) is 0 Å². The van der Waals surface area contributed by atoms with Crippen molar-refractivity contribution in [2.75, 3.05) is 13.1 Å². The second-order valence-corrected chi connectivity index (χ2v) is 9.11.